The van der Waals surface area contributed by atoms with Crippen LogP contribution < -0.4 is 5.32 Å². The zero-order valence-electron chi connectivity index (χ0n) is 10.3. The molecule has 17 heavy (non-hydrogen) atoms. The number of rotatable bonds is 5. The molecular weight excluding hydrogens is 212 g/mol. The Kier molecular flexibility index (Phi) is 4.07. The van der Waals surface area contributed by atoms with Crippen LogP contribution >= 0.6 is 0 Å². The van der Waals surface area contributed by atoms with Crippen molar-refractivity contribution in [2.24, 2.45) is 0 Å². The van der Waals surface area contributed by atoms with E-state index in [9.17, 15) is 0 Å². The first-order valence-electron chi connectivity index (χ1n) is 5.86. The van der Waals surface area contributed by atoms with Gasteiger partial charge in [-0.3, -0.25) is 4.98 Å². The number of pyridine rings is 1. The first kappa shape index (κ1) is 12.0. The van der Waals surface area contributed by atoms with Crippen LogP contribution in [0.2, 0.25) is 0 Å². The monoisotopic (exact) mass is 230 g/mol. The maximum absolute atomic E-state index is 5.20. The second-order valence-corrected chi connectivity index (χ2v) is 4.19. The molecule has 0 aliphatic rings. The molecule has 0 amide bonds. The van der Waals surface area contributed by atoms with Crippen LogP contribution in [0.3, 0.4) is 0 Å². The molecule has 0 saturated carbocycles. The van der Waals surface area contributed by atoms with Crippen LogP contribution in [0.15, 0.2) is 36.7 Å². The highest BCUT2D eigenvalue weighted by molar-refractivity contribution is 5.84. The minimum absolute atomic E-state index is 0.242. The summed E-state index contributed by atoms with van der Waals surface area (Å²) in [6.07, 6.45) is 3.98. The van der Waals surface area contributed by atoms with Crippen molar-refractivity contribution in [3.63, 3.8) is 0 Å². The number of aromatic nitrogens is 1. The van der Waals surface area contributed by atoms with Gasteiger partial charge in [-0.15, -0.1) is 0 Å². The second kappa shape index (κ2) is 5.75. The standard InChI is InChI=1S/C14H18N2O/c1-11(17-2)8-16-10-13-5-3-4-12-9-15-7-6-14(12)13/h3-7,9,11,16H,8,10H2,1-2H3. The van der Waals surface area contributed by atoms with Gasteiger partial charge in [-0.05, 0) is 23.9 Å². The molecule has 2 rings (SSSR count). The minimum atomic E-state index is 0.242. The van der Waals surface area contributed by atoms with Crippen LogP contribution in [-0.4, -0.2) is 24.7 Å². The van der Waals surface area contributed by atoms with Gasteiger partial charge in [0, 0.05) is 38.0 Å². The topological polar surface area (TPSA) is 34.1 Å². The molecule has 2 aromatic rings. The first-order valence-corrected chi connectivity index (χ1v) is 5.86. The molecule has 90 valence electrons. The fourth-order valence-electron chi connectivity index (χ4n) is 1.84. The molecule has 0 fully saturated rings. The van der Waals surface area contributed by atoms with Crippen molar-refractivity contribution < 1.29 is 4.74 Å². The highest BCUT2D eigenvalue weighted by Crippen LogP contribution is 2.16. The molecule has 0 aliphatic carbocycles. The van der Waals surface area contributed by atoms with Crippen LogP contribution in [0.4, 0.5) is 0 Å². The molecule has 1 atom stereocenters. The predicted molar refractivity (Wildman–Crippen MR) is 69.9 cm³/mol. The molecule has 1 N–H and O–H groups in total. The number of hydrogen-bond acceptors (Lipinski definition) is 3. The van der Waals surface area contributed by atoms with Gasteiger partial charge in [-0.25, -0.2) is 0 Å². The maximum atomic E-state index is 5.20. The van der Waals surface area contributed by atoms with E-state index in [0.717, 1.165) is 13.1 Å². The van der Waals surface area contributed by atoms with E-state index >= 15 is 0 Å². The number of benzene rings is 1. The zero-order chi connectivity index (χ0) is 12.1. The Morgan fingerprint density at radius 3 is 3.06 bits per heavy atom. The molecule has 1 aromatic carbocycles. The number of hydrogen-bond donors (Lipinski definition) is 1. The smallest absolute Gasteiger partial charge is 0.0667 e. The summed E-state index contributed by atoms with van der Waals surface area (Å²) in [5, 5.41) is 5.85. The summed E-state index contributed by atoms with van der Waals surface area (Å²) in [7, 11) is 1.73. The van der Waals surface area contributed by atoms with Crippen molar-refractivity contribution in [3.8, 4) is 0 Å². The number of fused-ring (bicyclic) bond motifs is 1. The lowest BCUT2D eigenvalue weighted by molar-refractivity contribution is 0.117. The molecule has 1 heterocycles. The summed E-state index contributed by atoms with van der Waals surface area (Å²) >= 11 is 0. The van der Waals surface area contributed by atoms with E-state index in [1.807, 2.05) is 12.4 Å². The summed E-state index contributed by atoms with van der Waals surface area (Å²) in [5.41, 5.74) is 1.30. The fourth-order valence-corrected chi connectivity index (χ4v) is 1.84. The van der Waals surface area contributed by atoms with Crippen molar-refractivity contribution in [1.29, 1.82) is 0 Å². The quantitative estimate of drug-likeness (QED) is 0.856. The molecule has 0 saturated heterocycles. The van der Waals surface area contributed by atoms with Crippen molar-refractivity contribution >= 4 is 10.8 Å². The molecule has 1 unspecified atom stereocenters. The Labute approximate surface area is 102 Å². The van der Waals surface area contributed by atoms with Gasteiger partial charge in [0.2, 0.25) is 0 Å². The van der Waals surface area contributed by atoms with Crippen LogP contribution in [0.25, 0.3) is 10.8 Å². The summed E-state index contributed by atoms with van der Waals surface area (Å²) in [6, 6.07) is 8.36. The summed E-state index contributed by atoms with van der Waals surface area (Å²) in [6.45, 7) is 3.77. The van der Waals surface area contributed by atoms with E-state index < -0.39 is 0 Å². The third-order valence-corrected chi connectivity index (χ3v) is 2.92. The van der Waals surface area contributed by atoms with E-state index in [4.69, 9.17) is 4.74 Å². The Morgan fingerprint density at radius 2 is 2.24 bits per heavy atom. The molecule has 0 radical (unpaired) electrons. The Hall–Kier alpha value is -1.45. The molecule has 0 bridgehead atoms. The average Bonchev–Trinajstić information content (AvgIpc) is 2.39. The lowest BCUT2D eigenvalue weighted by Gasteiger charge is -2.11. The van der Waals surface area contributed by atoms with Crippen molar-refractivity contribution in [1.82, 2.24) is 10.3 Å². The number of ether oxygens (including phenoxy) is 1. The molecular formula is C14H18N2O. The van der Waals surface area contributed by atoms with E-state index in [-0.39, 0.29) is 6.10 Å². The maximum Gasteiger partial charge on any atom is 0.0667 e. The highest BCUT2D eigenvalue weighted by atomic mass is 16.5. The van der Waals surface area contributed by atoms with Gasteiger partial charge in [0.05, 0.1) is 6.10 Å². The van der Waals surface area contributed by atoms with Gasteiger partial charge in [0.25, 0.3) is 0 Å². The molecule has 0 spiro atoms. The third-order valence-electron chi connectivity index (χ3n) is 2.92. The Balaban J connectivity index is 2.08. The molecule has 0 aliphatic heterocycles. The SMILES string of the molecule is COC(C)CNCc1cccc2cnccc12. The van der Waals surface area contributed by atoms with Crippen LogP contribution in [0, 0.1) is 0 Å². The van der Waals surface area contributed by atoms with E-state index in [1.54, 1.807) is 7.11 Å². The van der Waals surface area contributed by atoms with Crippen molar-refractivity contribution in [2.45, 2.75) is 19.6 Å². The van der Waals surface area contributed by atoms with Gasteiger partial charge in [-0.1, -0.05) is 18.2 Å². The molecule has 3 heteroatoms. The molecule has 1 aromatic heterocycles. The number of methoxy groups -OCH3 is 1. The minimum Gasteiger partial charge on any atom is -0.380 e. The van der Waals surface area contributed by atoms with Gasteiger partial charge in [0.1, 0.15) is 0 Å². The summed E-state index contributed by atoms with van der Waals surface area (Å²) in [5.74, 6) is 0. The number of nitrogens with one attached hydrogen (secondary N) is 1. The van der Waals surface area contributed by atoms with Gasteiger partial charge >= 0.3 is 0 Å². The number of nitrogens with zero attached hydrogens (tertiary/aromatic N) is 1. The van der Waals surface area contributed by atoms with E-state index in [0.29, 0.717) is 0 Å². The lowest BCUT2D eigenvalue weighted by Crippen LogP contribution is -2.25. The normalized spacial score (nSPS) is 12.8. The fraction of sp³-hybridized carbons (Fsp3) is 0.357. The Bertz CT molecular complexity index is 479. The van der Waals surface area contributed by atoms with Gasteiger partial charge < -0.3 is 10.1 Å². The zero-order valence-corrected chi connectivity index (χ0v) is 10.3. The summed E-state index contributed by atoms with van der Waals surface area (Å²) < 4.78 is 5.20. The Morgan fingerprint density at radius 1 is 1.35 bits per heavy atom. The van der Waals surface area contributed by atoms with Crippen LogP contribution in [-0.2, 0) is 11.3 Å². The lowest BCUT2D eigenvalue weighted by atomic mass is 10.1. The largest absolute Gasteiger partial charge is 0.380 e. The van der Waals surface area contributed by atoms with Crippen molar-refractivity contribution in [2.75, 3.05) is 13.7 Å². The third kappa shape index (κ3) is 3.02. The predicted octanol–water partition coefficient (Wildman–Crippen LogP) is 2.36. The van der Waals surface area contributed by atoms with Gasteiger partial charge in [-0.2, -0.15) is 0 Å². The first-order chi connectivity index (χ1) is 8.31. The highest BCUT2D eigenvalue weighted by Gasteiger charge is 2.02. The van der Waals surface area contributed by atoms with Crippen LogP contribution in [0.1, 0.15) is 12.5 Å². The molecule has 3 nitrogen and oxygen atoms in total. The second-order valence-electron chi connectivity index (χ2n) is 4.19. The van der Waals surface area contributed by atoms with E-state index in [2.05, 4.69) is 41.5 Å². The van der Waals surface area contributed by atoms with Gasteiger partial charge in [0.15, 0.2) is 0 Å². The van der Waals surface area contributed by atoms with E-state index in [1.165, 1.54) is 16.3 Å². The summed E-state index contributed by atoms with van der Waals surface area (Å²) in [4.78, 5) is 4.14. The van der Waals surface area contributed by atoms with Crippen LogP contribution in [0.5, 0.6) is 0 Å². The van der Waals surface area contributed by atoms with Crippen molar-refractivity contribution in [3.05, 3.63) is 42.2 Å². The average molecular weight is 230 g/mol.